The maximum Gasteiger partial charge on any atom is 0.393 e. The number of amides is 1. The van der Waals surface area contributed by atoms with Crippen LogP contribution in [0.1, 0.15) is 46.9 Å². The number of anilines is 1. The number of nitrogens with one attached hydrogen (secondary N) is 2. The van der Waals surface area contributed by atoms with Gasteiger partial charge in [-0.25, -0.2) is 8.91 Å². The molecule has 9 nitrogen and oxygen atoms in total. The van der Waals surface area contributed by atoms with Crippen molar-refractivity contribution in [2.45, 2.75) is 50.1 Å². The molecule has 1 amide bonds. The van der Waals surface area contributed by atoms with Crippen molar-refractivity contribution in [1.29, 1.82) is 0 Å². The normalized spacial score (nSPS) is 20.7. The summed E-state index contributed by atoms with van der Waals surface area (Å²) in [5.41, 5.74) is 0.482. The van der Waals surface area contributed by atoms with Gasteiger partial charge in [-0.05, 0) is 44.4 Å². The molecule has 3 aromatic rings. The van der Waals surface area contributed by atoms with E-state index in [4.69, 9.17) is 4.74 Å². The van der Waals surface area contributed by atoms with E-state index in [9.17, 15) is 22.4 Å². The second kappa shape index (κ2) is 11.9. The van der Waals surface area contributed by atoms with Crippen LogP contribution in [-0.4, -0.2) is 88.5 Å². The lowest BCUT2D eigenvalue weighted by atomic mass is 10.0. The Morgan fingerprint density at radius 2 is 2.02 bits per heavy atom. The Bertz CT molecular complexity index is 1400. The van der Waals surface area contributed by atoms with Crippen LogP contribution in [0.25, 0.3) is 5.52 Å². The third-order valence-corrected chi connectivity index (χ3v) is 7.19. The van der Waals surface area contributed by atoms with Crippen LogP contribution >= 0.6 is 0 Å². The Morgan fingerprint density at radius 3 is 2.77 bits per heavy atom. The van der Waals surface area contributed by atoms with Gasteiger partial charge in [-0.3, -0.25) is 9.48 Å². The van der Waals surface area contributed by atoms with Crippen LogP contribution in [0.3, 0.4) is 0 Å². The molecular formula is C27H31F4N7O2. The zero-order valence-corrected chi connectivity index (χ0v) is 22.0. The Labute approximate surface area is 228 Å². The van der Waals surface area contributed by atoms with Crippen molar-refractivity contribution in [3.05, 3.63) is 47.4 Å². The molecule has 0 aromatic carbocycles. The number of hydrogen-bond donors (Lipinski definition) is 2. The number of aromatic nitrogens is 4. The Hall–Kier alpha value is -3.63. The summed E-state index contributed by atoms with van der Waals surface area (Å²) in [6.45, 7) is 2.17. The lowest BCUT2D eigenvalue weighted by Crippen LogP contribution is -2.46. The molecule has 2 N–H and O–H groups in total. The number of nitrogens with zero attached hydrogens (tertiary/aromatic N) is 5. The van der Waals surface area contributed by atoms with E-state index < -0.39 is 24.8 Å². The monoisotopic (exact) mass is 561 g/mol. The third kappa shape index (κ3) is 6.56. The SMILES string of the molecule is CN1CC[C@@H](Nc2cccc3c(CC(F)(F)F)c(C#CCNC(=O)c4cnn(C5CCOCC5)c4)nn23)[C@@H](F)C1. The number of ether oxygens (including phenoxy) is 1. The van der Waals surface area contributed by atoms with Gasteiger partial charge in [0, 0.05) is 38.1 Å². The van der Waals surface area contributed by atoms with E-state index in [-0.39, 0.29) is 41.8 Å². The van der Waals surface area contributed by atoms with Crippen molar-refractivity contribution < 1.29 is 27.1 Å². The number of halogens is 4. The number of carbonyl (C=O) groups excluding carboxylic acids is 1. The summed E-state index contributed by atoms with van der Waals surface area (Å²) in [4.78, 5) is 14.5. The average Bonchev–Trinajstić information content (AvgIpc) is 3.54. The van der Waals surface area contributed by atoms with Gasteiger partial charge in [-0.1, -0.05) is 12.0 Å². The summed E-state index contributed by atoms with van der Waals surface area (Å²) >= 11 is 0. The number of hydrogen-bond acceptors (Lipinski definition) is 6. The van der Waals surface area contributed by atoms with Crippen LogP contribution in [0.15, 0.2) is 30.6 Å². The van der Waals surface area contributed by atoms with E-state index in [2.05, 4.69) is 32.7 Å². The van der Waals surface area contributed by atoms with Gasteiger partial charge in [0.1, 0.15) is 17.7 Å². The largest absolute Gasteiger partial charge is 0.393 e. The van der Waals surface area contributed by atoms with Crippen LogP contribution in [0.2, 0.25) is 0 Å². The molecule has 2 fully saturated rings. The van der Waals surface area contributed by atoms with Crippen LogP contribution < -0.4 is 10.6 Å². The standard InChI is InChI=1S/C27H31F4N7O2/c1-36-11-7-23(21(28)17-36)34-25-6-2-5-24-20(14-27(29,30)31)22(35-38(24)25)4-3-10-32-26(39)18-15-33-37(16-18)19-8-12-40-13-9-19/h2,5-6,15-16,19,21,23,34H,7-14,17H2,1H3,(H,32,39)/t21-,23+/m0/s1. The number of rotatable bonds is 6. The summed E-state index contributed by atoms with van der Waals surface area (Å²) in [5, 5.41) is 14.4. The van der Waals surface area contributed by atoms with Crippen molar-refractivity contribution in [3.63, 3.8) is 0 Å². The molecule has 214 valence electrons. The van der Waals surface area contributed by atoms with Gasteiger partial charge in [0.25, 0.3) is 5.91 Å². The highest BCUT2D eigenvalue weighted by Gasteiger charge is 2.32. The topological polar surface area (TPSA) is 88.7 Å². The molecule has 3 aromatic heterocycles. The molecule has 40 heavy (non-hydrogen) atoms. The second-order valence-electron chi connectivity index (χ2n) is 10.2. The molecule has 2 saturated heterocycles. The van der Waals surface area contributed by atoms with Crippen LogP contribution in [0.4, 0.5) is 23.4 Å². The van der Waals surface area contributed by atoms with E-state index in [1.165, 1.54) is 16.8 Å². The molecule has 0 bridgehead atoms. The van der Waals surface area contributed by atoms with Gasteiger partial charge in [-0.2, -0.15) is 23.4 Å². The fraction of sp³-hybridized carbons (Fsp3) is 0.519. The van der Waals surface area contributed by atoms with E-state index in [0.717, 1.165) is 12.8 Å². The number of likely N-dealkylation sites (tertiary alicyclic amines) is 1. The summed E-state index contributed by atoms with van der Waals surface area (Å²) in [5.74, 6) is 5.42. The fourth-order valence-electron chi connectivity index (χ4n) is 5.07. The van der Waals surface area contributed by atoms with Crippen LogP contribution in [-0.2, 0) is 11.2 Å². The van der Waals surface area contributed by atoms with Gasteiger partial charge in [0.15, 0.2) is 0 Å². The maximum atomic E-state index is 14.6. The smallest absolute Gasteiger partial charge is 0.381 e. The zero-order chi connectivity index (χ0) is 28.3. The summed E-state index contributed by atoms with van der Waals surface area (Å²) in [6, 6.07) is 4.48. The molecule has 0 radical (unpaired) electrons. The first-order valence-electron chi connectivity index (χ1n) is 13.2. The number of carbonyl (C=O) groups is 1. The van der Waals surface area contributed by atoms with E-state index in [1.54, 1.807) is 23.0 Å². The number of alkyl halides is 4. The van der Waals surface area contributed by atoms with Gasteiger partial charge in [0.05, 0.1) is 42.3 Å². The Morgan fingerprint density at radius 1 is 1.23 bits per heavy atom. The zero-order valence-electron chi connectivity index (χ0n) is 22.0. The Kier molecular flexibility index (Phi) is 8.27. The average molecular weight is 562 g/mol. The van der Waals surface area contributed by atoms with Crippen LogP contribution in [0, 0.1) is 11.8 Å². The molecule has 2 aliphatic rings. The summed E-state index contributed by atoms with van der Waals surface area (Å²) in [6.07, 6.45) is -1.52. The Balaban J connectivity index is 1.31. The van der Waals surface area contributed by atoms with Crippen molar-refractivity contribution in [3.8, 4) is 11.8 Å². The van der Waals surface area contributed by atoms with Gasteiger partial charge < -0.3 is 20.3 Å². The van der Waals surface area contributed by atoms with Crippen molar-refractivity contribution in [2.24, 2.45) is 0 Å². The molecule has 2 atom stereocenters. The third-order valence-electron chi connectivity index (χ3n) is 7.19. The molecule has 5 rings (SSSR count). The first-order valence-corrected chi connectivity index (χ1v) is 13.2. The maximum absolute atomic E-state index is 14.6. The highest BCUT2D eigenvalue weighted by Crippen LogP contribution is 2.29. The van der Waals surface area contributed by atoms with Gasteiger partial charge in [-0.15, -0.1) is 0 Å². The minimum atomic E-state index is -4.49. The van der Waals surface area contributed by atoms with E-state index in [1.807, 2.05) is 11.9 Å². The second-order valence-corrected chi connectivity index (χ2v) is 10.2. The molecule has 0 aliphatic carbocycles. The minimum Gasteiger partial charge on any atom is -0.381 e. The lowest BCUT2D eigenvalue weighted by molar-refractivity contribution is -0.127. The molecule has 2 aliphatic heterocycles. The van der Waals surface area contributed by atoms with Crippen molar-refractivity contribution >= 4 is 17.2 Å². The van der Waals surface area contributed by atoms with Crippen molar-refractivity contribution in [1.82, 2.24) is 29.6 Å². The van der Waals surface area contributed by atoms with Crippen LogP contribution in [0.5, 0.6) is 0 Å². The number of pyridine rings is 1. The summed E-state index contributed by atoms with van der Waals surface area (Å²) < 4.78 is 63.5. The number of piperidine rings is 1. The van der Waals surface area contributed by atoms with E-state index in [0.29, 0.717) is 37.6 Å². The van der Waals surface area contributed by atoms with E-state index >= 15 is 0 Å². The minimum absolute atomic E-state index is 0.0478. The van der Waals surface area contributed by atoms with Crippen molar-refractivity contribution in [2.75, 3.05) is 45.2 Å². The highest BCUT2D eigenvalue weighted by molar-refractivity contribution is 5.93. The first kappa shape index (κ1) is 27.9. The fourth-order valence-corrected chi connectivity index (χ4v) is 5.07. The molecule has 0 saturated carbocycles. The first-order chi connectivity index (χ1) is 19.2. The molecule has 0 spiro atoms. The molecule has 5 heterocycles. The predicted molar refractivity (Wildman–Crippen MR) is 140 cm³/mol. The molecule has 13 heteroatoms. The quantitative estimate of drug-likeness (QED) is 0.355. The predicted octanol–water partition coefficient (Wildman–Crippen LogP) is 3.22. The lowest BCUT2D eigenvalue weighted by Gasteiger charge is -2.33. The molecule has 0 unspecified atom stereocenters. The highest BCUT2D eigenvalue weighted by atomic mass is 19.4. The van der Waals surface area contributed by atoms with Gasteiger partial charge in [0.2, 0.25) is 0 Å². The summed E-state index contributed by atoms with van der Waals surface area (Å²) in [7, 11) is 1.84. The van der Waals surface area contributed by atoms with Gasteiger partial charge >= 0.3 is 6.18 Å². The number of fused-ring (bicyclic) bond motifs is 1. The molecular weight excluding hydrogens is 530 g/mol.